The normalized spacial score (nSPS) is 13.7. The molecule has 0 aromatic heterocycles. The van der Waals surface area contributed by atoms with Gasteiger partial charge in [-0.3, -0.25) is 27.2 Å². The van der Waals surface area contributed by atoms with Gasteiger partial charge in [0.2, 0.25) is 0 Å². The van der Waals surface area contributed by atoms with Gasteiger partial charge in [-0.05, 0) is 166 Å². The van der Waals surface area contributed by atoms with Crippen LogP contribution in [-0.4, -0.2) is 88.4 Å². The zero-order valence-electron chi connectivity index (χ0n) is 42.6. The second kappa shape index (κ2) is 30.4. The van der Waals surface area contributed by atoms with E-state index in [2.05, 4.69) is 65.4 Å². The maximum absolute atomic E-state index is 12.1. The SMILES string of the molecule is CC(C)(C)OP(=O)(O)OC(C)(C)C.CC(C)(C)OP(=O)(OCCl)OC(C)(C)C.CC(C)(C)OP(=O)([O-])OC(C)(C)C.CC(C)(C)O[P+](=O)OC(C)(C)C.C[N+](C)(C)C.I[I-]I. The number of hydrogen-bond acceptors (Lipinski definition) is 14. The number of hydrogen-bond donors (Lipinski definition) is 1. The molecule has 0 aromatic carbocycles. The Morgan fingerprint density at radius 2 is 0.721 bits per heavy atom. The predicted molar refractivity (Wildman–Crippen MR) is 263 cm³/mol. The van der Waals surface area contributed by atoms with E-state index in [1.165, 1.54) is 0 Å². The van der Waals surface area contributed by atoms with Gasteiger partial charge in [-0.2, -0.15) is 0 Å². The van der Waals surface area contributed by atoms with Gasteiger partial charge in [0.15, 0.2) is 0 Å². The van der Waals surface area contributed by atoms with Crippen molar-refractivity contribution in [1.82, 2.24) is 0 Å². The standard InChI is InChI=1S/C9H20ClO4P.2C8H19O4P.C8H18O3P.C4H12N.I3/c1-8(2,3)13-15(11,12-7-10)14-9(4,5)6;2*1-7(2,3)11-13(9,10)12-8(4,5)6;1-7(2,3)10-12(9)11-8(4,5)6;1-5(2,3)4;1-3-2/h7H2,1-6H3;2*1-6H3,(H,9,10);1-6H3;1-4H3;/q;;;2*+1;-1/p-1. The molecule has 0 aliphatic carbocycles. The van der Waals surface area contributed by atoms with Crippen molar-refractivity contribution >= 4 is 80.6 Å². The molecule has 0 aromatic rings. The second-order valence-electron chi connectivity index (χ2n) is 22.2. The van der Waals surface area contributed by atoms with Crippen molar-refractivity contribution in [3.8, 4) is 0 Å². The van der Waals surface area contributed by atoms with Gasteiger partial charge in [0.25, 0.3) is 7.82 Å². The fourth-order valence-corrected chi connectivity index (χ4v) is 8.36. The first-order valence-corrected chi connectivity index (χ1v) is 37.6. The Morgan fingerprint density at radius 3 is 0.869 bits per heavy atom. The first kappa shape index (κ1) is 75.3. The summed E-state index contributed by atoms with van der Waals surface area (Å²) in [6, 6.07) is -0.233. The molecule has 0 saturated heterocycles. The molecule has 24 heteroatoms. The van der Waals surface area contributed by atoms with Gasteiger partial charge < -0.3 is 23.3 Å². The Kier molecular flexibility index (Phi) is 37.5. The Hall–Kier alpha value is 2.79. The molecule has 0 amide bonds. The quantitative estimate of drug-likeness (QED) is 0.0938. The van der Waals surface area contributed by atoms with Crippen LogP contribution in [0.3, 0.4) is 0 Å². The Labute approximate surface area is 408 Å². The van der Waals surface area contributed by atoms with Crippen LogP contribution >= 0.6 is 80.6 Å². The van der Waals surface area contributed by atoms with Crippen LogP contribution in [0.15, 0.2) is 0 Å². The van der Waals surface area contributed by atoms with Gasteiger partial charge in [-0.25, -0.2) is 9.13 Å². The fraction of sp³-hybridized carbons (Fsp3) is 1.00. The van der Waals surface area contributed by atoms with Crippen LogP contribution in [0.1, 0.15) is 166 Å². The number of phosphoric acid groups is 3. The Bertz CT molecular complexity index is 1200. The van der Waals surface area contributed by atoms with Crippen LogP contribution in [0.25, 0.3) is 0 Å². The first-order valence-electron chi connectivity index (χ1n) is 19.0. The molecule has 0 atom stereocenters. The molecule has 0 unspecified atom stereocenters. The summed E-state index contributed by atoms with van der Waals surface area (Å²) in [6.07, 6.45) is 0. The molecule has 0 radical (unpaired) electrons. The average molecular weight is 1330 g/mol. The number of alkyl halides is 1. The van der Waals surface area contributed by atoms with Crippen molar-refractivity contribution in [3.05, 3.63) is 0 Å². The number of rotatable bonds is 10. The van der Waals surface area contributed by atoms with Gasteiger partial charge in [0, 0.05) is 4.57 Å². The van der Waals surface area contributed by atoms with Crippen LogP contribution in [0.5, 0.6) is 0 Å². The van der Waals surface area contributed by atoms with E-state index in [1.807, 2.05) is 41.5 Å². The van der Waals surface area contributed by atoms with Crippen molar-refractivity contribution in [3.63, 3.8) is 0 Å². The van der Waals surface area contributed by atoms with Crippen molar-refractivity contribution in [2.24, 2.45) is 0 Å². The molecule has 0 aliphatic heterocycles. The second-order valence-corrected chi connectivity index (χ2v) is 43.5. The van der Waals surface area contributed by atoms with Crippen LogP contribution in [0.4, 0.5) is 0 Å². The molecule has 61 heavy (non-hydrogen) atoms. The monoisotopic (exact) mass is 1330 g/mol. The minimum absolute atomic E-state index is 0.233. The predicted octanol–water partition coefficient (Wildman–Crippen LogP) is 11.1. The molecule has 0 aliphatic rings. The minimum atomic E-state index is -4.19. The number of quaternary nitrogens is 1. The van der Waals surface area contributed by atoms with E-state index in [9.17, 15) is 28.0 Å². The van der Waals surface area contributed by atoms with Crippen LogP contribution in [0, 0.1) is 0 Å². The summed E-state index contributed by atoms with van der Waals surface area (Å²) in [5, 5.41) is 0. The van der Waals surface area contributed by atoms with E-state index in [1.54, 1.807) is 125 Å². The molecule has 16 nitrogen and oxygen atoms in total. The molecule has 0 rings (SSSR count). The van der Waals surface area contributed by atoms with Gasteiger partial charge >= 0.3 is 74.4 Å². The molecular weight excluding hydrogens is 1240 g/mol. The molecule has 1 N–H and O–H groups in total. The summed E-state index contributed by atoms with van der Waals surface area (Å²) < 4.78 is 91.8. The van der Waals surface area contributed by atoms with Crippen molar-refractivity contribution in [2.45, 2.75) is 211 Å². The number of nitrogens with zero attached hydrogens (tertiary/aromatic N) is 1. The first-order chi connectivity index (χ1) is 25.8. The molecule has 0 saturated carbocycles. The molecule has 0 bridgehead atoms. The summed E-state index contributed by atoms with van der Waals surface area (Å²) in [4.78, 5) is 20.5. The Morgan fingerprint density at radius 1 is 0.525 bits per heavy atom. The van der Waals surface area contributed by atoms with Gasteiger partial charge in [0.1, 0.15) is 17.3 Å². The van der Waals surface area contributed by atoms with E-state index in [0.29, 0.717) is 13.3 Å². The summed E-state index contributed by atoms with van der Waals surface area (Å²) >= 11 is 10.7. The Balaban J connectivity index is -0.000000156. The third-order valence-electron chi connectivity index (χ3n) is 3.22. The zero-order chi connectivity index (χ0) is 51.4. The molecule has 0 spiro atoms. The van der Waals surface area contributed by atoms with Gasteiger partial charge in [0.05, 0.1) is 61.8 Å². The fourth-order valence-electron chi connectivity index (χ4n) is 2.67. The van der Waals surface area contributed by atoms with E-state index >= 15 is 0 Å². The third kappa shape index (κ3) is 83.3. The van der Waals surface area contributed by atoms with Crippen LogP contribution in [-0.2, 0) is 59.0 Å². The summed E-state index contributed by atoms with van der Waals surface area (Å²) in [7, 11) is -5.22. The van der Waals surface area contributed by atoms with Crippen molar-refractivity contribution in [1.29, 1.82) is 0 Å². The summed E-state index contributed by atoms with van der Waals surface area (Å²) in [6.45, 7) is 41.8. The maximum atomic E-state index is 12.1. The summed E-state index contributed by atoms with van der Waals surface area (Å²) in [5.41, 5.74) is -4.94. The molecule has 378 valence electrons. The van der Waals surface area contributed by atoms with Crippen LogP contribution in [0.2, 0.25) is 0 Å². The van der Waals surface area contributed by atoms with E-state index in [4.69, 9.17) is 52.3 Å². The topological polar surface area (TPSA) is 195 Å². The summed E-state index contributed by atoms with van der Waals surface area (Å²) in [5.74, 6) is 0. The number of phosphoric ester groups is 3. The third-order valence-corrected chi connectivity index (χ3v) is 9.97. The molecule has 0 fully saturated rings. The number of halogens is 4. The van der Waals surface area contributed by atoms with E-state index in [0.717, 1.165) is 4.48 Å². The van der Waals surface area contributed by atoms with Gasteiger partial charge in [-0.1, -0.05) is 11.6 Å². The van der Waals surface area contributed by atoms with E-state index in [-0.39, 0.29) is 6.07 Å². The molecular formula is C37H87ClI3NO15P4. The average Bonchev–Trinajstić information content (AvgIpc) is 2.72. The van der Waals surface area contributed by atoms with E-state index < -0.39 is 76.5 Å². The van der Waals surface area contributed by atoms with Gasteiger partial charge in [-0.15, -0.1) is 9.05 Å². The van der Waals surface area contributed by atoms with Crippen LogP contribution < -0.4 is 18.1 Å². The molecule has 0 heterocycles. The zero-order valence-corrected chi connectivity index (χ0v) is 53.4. The van der Waals surface area contributed by atoms with Crippen molar-refractivity contribution < 1.29 is 86.5 Å². The van der Waals surface area contributed by atoms with Crippen molar-refractivity contribution in [2.75, 3.05) is 34.3 Å².